The maximum atomic E-state index is 15.3. The quantitative estimate of drug-likeness (QED) is 0.178. The Labute approximate surface area is 377 Å². The number of amides is 3. The molecule has 13 heteroatoms. The number of anilines is 2. The van der Waals surface area contributed by atoms with E-state index in [1.807, 2.05) is 21.9 Å². The van der Waals surface area contributed by atoms with Crippen molar-refractivity contribution in [3.63, 3.8) is 0 Å². The molecule has 7 aliphatic rings. The van der Waals surface area contributed by atoms with Crippen molar-refractivity contribution in [1.82, 2.24) is 19.4 Å². The average Bonchev–Trinajstić information content (AvgIpc) is 3.54. The fourth-order valence-electron chi connectivity index (χ4n) is 13.0. The molecule has 6 heterocycles. The Morgan fingerprint density at radius 3 is 2.16 bits per heavy atom. The Morgan fingerprint density at radius 2 is 1.47 bits per heavy atom. The highest BCUT2D eigenvalue weighted by molar-refractivity contribution is 6.35. The summed E-state index contributed by atoms with van der Waals surface area (Å²) in [6.45, 7) is 5.96. The molecule has 4 aromatic rings. The molecule has 5 aliphatic heterocycles. The summed E-state index contributed by atoms with van der Waals surface area (Å²) in [6.07, 6.45) is 14.0. The molecule has 0 unspecified atom stereocenters. The first-order valence-corrected chi connectivity index (χ1v) is 24.4. The molecule has 4 saturated heterocycles. The van der Waals surface area contributed by atoms with Crippen LogP contribution in [0.5, 0.6) is 0 Å². The van der Waals surface area contributed by atoms with Crippen molar-refractivity contribution in [2.45, 2.75) is 114 Å². The highest BCUT2D eigenvalue weighted by atomic mass is 35.5. The Bertz CT molecular complexity index is 2560. The van der Waals surface area contributed by atoms with E-state index in [2.05, 4.69) is 27.7 Å². The minimum Gasteiger partial charge on any atom is -0.371 e. The molecule has 10 nitrogen and oxygen atoms in total. The molecular formula is C51H57ClF2N6O4. The molecule has 64 heavy (non-hydrogen) atoms. The zero-order chi connectivity index (χ0) is 43.9. The molecule has 0 N–H and O–H groups in total. The molecule has 0 radical (unpaired) electrons. The van der Waals surface area contributed by atoms with E-state index in [1.54, 1.807) is 6.07 Å². The zero-order valence-electron chi connectivity index (χ0n) is 36.6. The topological polar surface area (TPSA) is 99.1 Å². The highest BCUT2D eigenvalue weighted by Gasteiger charge is 2.49. The third-order valence-electron chi connectivity index (χ3n) is 16.6. The number of imide groups is 1. The smallest absolute Gasteiger partial charge is 0.282 e. The average molecular weight is 892 g/mol. The van der Waals surface area contributed by atoms with Gasteiger partial charge >= 0.3 is 0 Å². The summed E-state index contributed by atoms with van der Waals surface area (Å²) in [5.74, 6) is -0.594. The first-order valence-electron chi connectivity index (χ1n) is 24.0. The number of carbonyl (C=O) groups excluding carboxylic acids is 3. The number of piperidine rings is 3. The van der Waals surface area contributed by atoms with E-state index >= 15 is 8.78 Å². The second-order valence-electron chi connectivity index (χ2n) is 20.3. The summed E-state index contributed by atoms with van der Waals surface area (Å²) >= 11 is 6.62. The monoisotopic (exact) mass is 890 g/mol. The summed E-state index contributed by atoms with van der Waals surface area (Å²) < 4.78 is 32.8. The van der Waals surface area contributed by atoms with Crippen LogP contribution in [0.1, 0.15) is 126 Å². The summed E-state index contributed by atoms with van der Waals surface area (Å²) in [5.41, 5.74) is 4.13. The van der Waals surface area contributed by atoms with Crippen LogP contribution in [0.15, 0.2) is 53.3 Å². The molecule has 6 fully saturated rings. The third kappa shape index (κ3) is 7.07. The van der Waals surface area contributed by atoms with Gasteiger partial charge in [-0.3, -0.25) is 23.7 Å². The van der Waals surface area contributed by atoms with Crippen LogP contribution >= 0.6 is 11.6 Å². The van der Waals surface area contributed by atoms with Crippen LogP contribution in [0.3, 0.4) is 0 Å². The van der Waals surface area contributed by atoms with Crippen molar-refractivity contribution in [3.05, 3.63) is 92.5 Å². The number of aromatic nitrogens is 2. The number of fused-ring (bicyclic) bond motifs is 7. The van der Waals surface area contributed by atoms with Crippen molar-refractivity contribution in [3.8, 4) is 5.69 Å². The predicted molar refractivity (Wildman–Crippen MR) is 243 cm³/mol. The maximum absolute atomic E-state index is 15.3. The Balaban J connectivity index is 0.662. The summed E-state index contributed by atoms with van der Waals surface area (Å²) in [6, 6.07) is 15.3. The van der Waals surface area contributed by atoms with E-state index < -0.39 is 29.1 Å². The largest absolute Gasteiger partial charge is 0.371 e. The van der Waals surface area contributed by atoms with Crippen LogP contribution in [-0.4, -0.2) is 82.9 Å². The van der Waals surface area contributed by atoms with Gasteiger partial charge < -0.3 is 14.7 Å². The van der Waals surface area contributed by atoms with Crippen LogP contribution < -0.4 is 15.4 Å². The van der Waals surface area contributed by atoms with E-state index in [1.165, 1.54) is 35.4 Å². The molecule has 3 aromatic carbocycles. The molecule has 0 atom stereocenters. The van der Waals surface area contributed by atoms with E-state index in [0.29, 0.717) is 58.2 Å². The number of halogens is 3. The molecule has 0 bridgehead atoms. The van der Waals surface area contributed by atoms with Crippen LogP contribution in [0.2, 0.25) is 5.02 Å². The van der Waals surface area contributed by atoms with Crippen molar-refractivity contribution in [1.29, 1.82) is 0 Å². The minimum absolute atomic E-state index is 0.0431. The summed E-state index contributed by atoms with van der Waals surface area (Å²) in [7, 11) is 0. The Hall–Kier alpha value is -4.68. The first-order chi connectivity index (χ1) is 31.0. The lowest BCUT2D eigenvalue weighted by molar-refractivity contribution is -0.150. The number of rotatable bonds is 6. The van der Waals surface area contributed by atoms with Crippen LogP contribution in [-0.2, 0) is 19.8 Å². The van der Waals surface area contributed by atoms with E-state index in [-0.39, 0.29) is 35.1 Å². The number of benzene rings is 3. The van der Waals surface area contributed by atoms with Gasteiger partial charge in [0.1, 0.15) is 11.5 Å². The number of carbonyl (C=O) groups is 3. The molecular weight excluding hydrogens is 834 g/mol. The van der Waals surface area contributed by atoms with Crippen molar-refractivity contribution in [2.24, 2.45) is 17.3 Å². The van der Waals surface area contributed by atoms with Gasteiger partial charge in [-0.15, -0.1) is 0 Å². The molecule has 336 valence electrons. The van der Waals surface area contributed by atoms with Gasteiger partial charge in [-0.1, -0.05) is 49.1 Å². The van der Waals surface area contributed by atoms with Gasteiger partial charge in [0.25, 0.3) is 5.56 Å². The Morgan fingerprint density at radius 1 is 0.781 bits per heavy atom. The Kier molecular flexibility index (Phi) is 10.7. The molecule has 2 spiro atoms. The SMILES string of the molecule is O=C(C1CCC(CN2CCC(c3ccc4c(c3)-n3c(nc(=O)c5c(Cl)cccc53)C43CCCCC3)CC2)CC1)N1CC2(CCN(c3cc(F)c(N4C(=O)CCCC4=O)c(F)c3)CC2)C1. The van der Waals surface area contributed by atoms with Crippen molar-refractivity contribution < 1.29 is 23.2 Å². The highest BCUT2D eigenvalue weighted by Crippen LogP contribution is 2.52. The number of likely N-dealkylation sites (tertiary alicyclic amines) is 2. The van der Waals surface area contributed by atoms with E-state index in [0.717, 1.165) is 121 Å². The van der Waals surface area contributed by atoms with Crippen molar-refractivity contribution >= 4 is 51.6 Å². The van der Waals surface area contributed by atoms with Gasteiger partial charge in [-0.25, -0.2) is 13.7 Å². The lowest BCUT2D eigenvalue weighted by Gasteiger charge is -2.55. The number of nitrogens with zero attached hydrogens (tertiary/aromatic N) is 6. The van der Waals surface area contributed by atoms with Crippen LogP contribution in [0.25, 0.3) is 16.6 Å². The van der Waals surface area contributed by atoms with Gasteiger partial charge in [0, 0.05) is 62.6 Å². The number of hydrogen-bond donors (Lipinski definition) is 0. The minimum atomic E-state index is -0.899. The van der Waals surface area contributed by atoms with Crippen LogP contribution in [0, 0.1) is 28.9 Å². The second-order valence-corrected chi connectivity index (χ2v) is 20.7. The molecule has 11 rings (SSSR count). The lowest BCUT2D eigenvalue weighted by atomic mass is 9.69. The summed E-state index contributed by atoms with van der Waals surface area (Å²) in [4.78, 5) is 63.9. The van der Waals surface area contributed by atoms with Gasteiger partial charge in [0.2, 0.25) is 17.7 Å². The van der Waals surface area contributed by atoms with Gasteiger partial charge in [-0.05, 0) is 137 Å². The van der Waals surface area contributed by atoms with Gasteiger partial charge in [-0.2, -0.15) is 4.98 Å². The third-order valence-corrected chi connectivity index (χ3v) is 16.9. The summed E-state index contributed by atoms with van der Waals surface area (Å²) in [5, 5.41) is 0.955. The molecule has 1 aromatic heterocycles. The van der Waals surface area contributed by atoms with Gasteiger partial charge in [0.05, 0.1) is 27.0 Å². The fraction of sp³-hybridized carbons (Fsp3) is 0.549. The fourth-order valence-corrected chi connectivity index (χ4v) is 13.3. The standard InChI is InChI=1S/C51H57ClF2N6O4/c52-38-6-4-7-41-45(38)47(63)55-49-51(18-2-1-3-19-51)37-15-14-35(26-42(37)59(41)49)33-16-22-56(23-17-33)29-32-10-12-34(13-11-32)48(64)58-30-50(31-58)20-24-57(25-21-50)36-27-39(53)46(40(54)28-36)60-43(61)8-5-9-44(60)62/h4,6-7,14-15,26-28,32-34H,1-3,5,8-13,16-25,29-31H2. The molecule has 2 saturated carbocycles. The normalized spacial score (nSPS) is 24.6. The lowest BCUT2D eigenvalue weighted by Crippen LogP contribution is -2.63. The van der Waals surface area contributed by atoms with E-state index in [4.69, 9.17) is 16.6 Å². The number of hydrogen-bond acceptors (Lipinski definition) is 7. The molecule has 3 amide bonds. The maximum Gasteiger partial charge on any atom is 0.282 e. The first kappa shape index (κ1) is 42.0. The predicted octanol–water partition coefficient (Wildman–Crippen LogP) is 9.04. The van der Waals surface area contributed by atoms with Gasteiger partial charge in [0.15, 0.2) is 11.6 Å². The van der Waals surface area contributed by atoms with E-state index in [9.17, 15) is 19.2 Å². The zero-order valence-corrected chi connectivity index (χ0v) is 37.3. The molecule has 2 aliphatic carbocycles. The van der Waals surface area contributed by atoms with Crippen LogP contribution in [0.4, 0.5) is 20.2 Å². The second kappa shape index (κ2) is 16.3. The van der Waals surface area contributed by atoms with Crippen molar-refractivity contribution in [2.75, 3.05) is 55.6 Å².